The van der Waals surface area contributed by atoms with E-state index in [4.69, 9.17) is 8.83 Å². The molecule has 0 bridgehead atoms. The molecule has 2 aromatic heterocycles. The van der Waals surface area contributed by atoms with E-state index in [1.54, 1.807) is 19.3 Å². The molecule has 0 spiro atoms. The Morgan fingerprint density at radius 3 is 2.85 bits per heavy atom. The number of halogens is 1. The van der Waals surface area contributed by atoms with Crippen LogP contribution in [0, 0.1) is 12.7 Å². The van der Waals surface area contributed by atoms with Crippen LogP contribution in [0.4, 0.5) is 4.39 Å². The number of benzene rings is 1. The van der Waals surface area contributed by atoms with Crippen LogP contribution in [-0.4, -0.2) is 30.4 Å². The van der Waals surface area contributed by atoms with Crippen LogP contribution in [0.5, 0.6) is 0 Å². The second-order valence-electron chi connectivity index (χ2n) is 6.68. The maximum absolute atomic E-state index is 13.5. The molecule has 0 radical (unpaired) electrons. The van der Waals surface area contributed by atoms with Gasteiger partial charge in [0.25, 0.3) is 5.91 Å². The standard InChI is InChI=1S/C20H21FN2O3/c1-13-15-11-14(21)6-7-17(15)26-19(13)20(24)22-12-16(18-5-4-10-25-18)23-8-2-3-9-23/h4-7,10-11,16H,2-3,8-9,12H2,1H3,(H,22,24)/t16-/m1/s1. The van der Waals surface area contributed by atoms with Gasteiger partial charge >= 0.3 is 0 Å². The van der Waals surface area contributed by atoms with Crippen LogP contribution in [0.25, 0.3) is 11.0 Å². The van der Waals surface area contributed by atoms with Crippen molar-refractivity contribution < 1.29 is 18.0 Å². The van der Waals surface area contributed by atoms with Gasteiger partial charge in [0.1, 0.15) is 17.2 Å². The molecule has 1 amide bonds. The van der Waals surface area contributed by atoms with Crippen LogP contribution in [-0.2, 0) is 0 Å². The van der Waals surface area contributed by atoms with Gasteiger partial charge in [0.2, 0.25) is 0 Å². The Hall–Kier alpha value is -2.60. The molecule has 6 heteroatoms. The van der Waals surface area contributed by atoms with Crippen molar-refractivity contribution in [1.29, 1.82) is 0 Å². The number of nitrogens with one attached hydrogen (secondary N) is 1. The minimum atomic E-state index is -0.347. The van der Waals surface area contributed by atoms with E-state index in [2.05, 4.69) is 10.2 Å². The van der Waals surface area contributed by atoms with Gasteiger partial charge < -0.3 is 14.2 Å². The smallest absolute Gasteiger partial charge is 0.287 e. The number of likely N-dealkylation sites (tertiary alicyclic amines) is 1. The van der Waals surface area contributed by atoms with Crippen LogP contribution >= 0.6 is 0 Å². The fraction of sp³-hybridized carbons (Fsp3) is 0.350. The molecule has 1 aromatic carbocycles. The lowest BCUT2D eigenvalue weighted by Gasteiger charge is -2.25. The topological polar surface area (TPSA) is 58.6 Å². The molecule has 26 heavy (non-hydrogen) atoms. The molecule has 1 atom stereocenters. The lowest BCUT2D eigenvalue weighted by atomic mass is 10.1. The first-order valence-corrected chi connectivity index (χ1v) is 8.88. The molecular formula is C20H21FN2O3. The summed E-state index contributed by atoms with van der Waals surface area (Å²) >= 11 is 0. The number of hydrogen-bond donors (Lipinski definition) is 1. The van der Waals surface area contributed by atoms with E-state index >= 15 is 0 Å². The highest BCUT2D eigenvalue weighted by Gasteiger charge is 2.27. The predicted octanol–water partition coefficient (Wildman–Crippen LogP) is 4.04. The minimum Gasteiger partial charge on any atom is -0.468 e. The summed E-state index contributed by atoms with van der Waals surface area (Å²) in [6.45, 7) is 4.18. The van der Waals surface area contributed by atoms with E-state index in [0.29, 0.717) is 23.1 Å². The molecular weight excluding hydrogens is 335 g/mol. The third-order valence-corrected chi connectivity index (χ3v) is 5.01. The number of aryl methyl sites for hydroxylation is 1. The van der Waals surface area contributed by atoms with Crippen LogP contribution in [0.1, 0.15) is 40.8 Å². The molecule has 0 aliphatic carbocycles. The molecule has 3 heterocycles. The van der Waals surface area contributed by atoms with Gasteiger partial charge in [-0.2, -0.15) is 0 Å². The van der Waals surface area contributed by atoms with Gasteiger partial charge in [0.05, 0.1) is 12.3 Å². The number of nitrogens with zero attached hydrogens (tertiary/aromatic N) is 1. The summed E-state index contributed by atoms with van der Waals surface area (Å²) in [6.07, 6.45) is 3.96. The van der Waals surface area contributed by atoms with Crippen molar-refractivity contribution in [2.45, 2.75) is 25.8 Å². The van der Waals surface area contributed by atoms with Crippen molar-refractivity contribution in [1.82, 2.24) is 10.2 Å². The number of furan rings is 2. The van der Waals surface area contributed by atoms with Gasteiger partial charge in [-0.15, -0.1) is 0 Å². The molecule has 5 nitrogen and oxygen atoms in total. The second-order valence-corrected chi connectivity index (χ2v) is 6.68. The van der Waals surface area contributed by atoms with E-state index in [0.717, 1.165) is 31.7 Å². The minimum absolute atomic E-state index is 0.00132. The SMILES string of the molecule is Cc1c(C(=O)NC[C@H](c2ccco2)N2CCCC2)oc2ccc(F)cc12. The molecule has 0 saturated carbocycles. The Bertz CT molecular complexity index is 911. The third-order valence-electron chi connectivity index (χ3n) is 5.01. The van der Waals surface area contributed by atoms with Crippen molar-refractivity contribution in [3.8, 4) is 0 Å². The van der Waals surface area contributed by atoms with E-state index in [-0.39, 0.29) is 23.5 Å². The Balaban J connectivity index is 1.53. The Morgan fingerprint density at radius 2 is 2.12 bits per heavy atom. The molecule has 136 valence electrons. The predicted molar refractivity (Wildman–Crippen MR) is 95.5 cm³/mol. The summed E-state index contributed by atoms with van der Waals surface area (Å²) < 4.78 is 24.7. The summed E-state index contributed by atoms with van der Waals surface area (Å²) in [5, 5.41) is 3.58. The summed E-state index contributed by atoms with van der Waals surface area (Å²) in [5.41, 5.74) is 1.16. The molecule has 0 unspecified atom stereocenters. The van der Waals surface area contributed by atoms with Gasteiger partial charge in [0.15, 0.2) is 5.76 Å². The van der Waals surface area contributed by atoms with E-state index in [1.165, 1.54) is 12.1 Å². The van der Waals surface area contributed by atoms with Gasteiger partial charge in [-0.25, -0.2) is 4.39 Å². The van der Waals surface area contributed by atoms with Gasteiger partial charge in [-0.1, -0.05) is 0 Å². The van der Waals surface area contributed by atoms with Crippen molar-refractivity contribution in [3.05, 3.63) is 59.5 Å². The Morgan fingerprint density at radius 1 is 1.31 bits per heavy atom. The molecule has 4 rings (SSSR count). The van der Waals surface area contributed by atoms with Gasteiger partial charge in [0, 0.05) is 17.5 Å². The fourth-order valence-corrected chi connectivity index (χ4v) is 3.62. The summed E-state index contributed by atoms with van der Waals surface area (Å²) in [7, 11) is 0. The highest BCUT2D eigenvalue weighted by molar-refractivity contribution is 5.98. The quantitative estimate of drug-likeness (QED) is 0.750. The first-order chi connectivity index (χ1) is 12.6. The fourth-order valence-electron chi connectivity index (χ4n) is 3.62. The molecule has 1 aliphatic heterocycles. The zero-order valence-corrected chi connectivity index (χ0v) is 14.6. The van der Waals surface area contributed by atoms with E-state index < -0.39 is 0 Å². The summed E-state index contributed by atoms with van der Waals surface area (Å²) in [6, 6.07) is 8.06. The van der Waals surface area contributed by atoms with Crippen LogP contribution in [0.2, 0.25) is 0 Å². The lowest BCUT2D eigenvalue weighted by molar-refractivity contribution is 0.0907. The Kier molecular flexibility index (Phi) is 4.51. The highest BCUT2D eigenvalue weighted by atomic mass is 19.1. The zero-order valence-electron chi connectivity index (χ0n) is 14.6. The normalized spacial score (nSPS) is 16.2. The lowest BCUT2D eigenvalue weighted by Crippen LogP contribution is -2.36. The second kappa shape index (κ2) is 6.96. The average molecular weight is 356 g/mol. The van der Waals surface area contributed by atoms with Gasteiger partial charge in [-0.3, -0.25) is 9.69 Å². The maximum atomic E-state index is 13.5. The molecule has 1 fully saturated rings. The number of rotatable bonds is 5. The van der Waals surface area contributed by atoms with Crippen LogP contribution in [0.3, 0.4) is 0 Å². The average Bonchev–Trinajstić information content (AvgIpc) is 3.38. The highest BCUT2D eigenvalue weighted by Crippen LogP contribution is 2.27. The Labute approximate surface area is 150 Å². The van der Waals surface area contributed by atoms with Crippen molar-refractivity contribution in [3.63, 3.8) is 0 Å². The molecule has 3 aromatic rings. The van der Waals surface area contributed by atoms with Crippen LogP contribution in [0.15, 0.2) is 45.4 Å². The van der Waals surface area contributed by atoms with Crippen molar-refractivity contribution >= 4 is 16.9 Å². The molecule has 1 N–H and O–H groups in total. The number of carbonyl (C=O) groups excluding carboxylic acids is 1. The van der Waals surface area contributed by atoms with E-state index in [1.807, 2.05) is 12.1 Å². The largest absolute Gasteiger partial charge is 0.468 e. The van der Waals surface area contributed by atoms with Crippen molar-refractivity contribution in [2.24, 2.45) is 0 Å². The van der Waals surface area contributed by atoms with Crippen molar-refractivity contribution in [2.75, 3.05) is 19.6 Å². The maximum Gasteiger partial charge on any atom is 0.287 e. The molecule has 1 aliphatic rings. The monoisotopic (exact) mass is 356 g/mol. The first-order valence-electron chi connectivity index (χ1n) is 8.88. The number of carbonyl (C=O) groups is 1. The number of fused-ring (bicyclic) bond motifs is 1. The number of amides is 1. The molecule has 1 saturated heterocycles. The van der Waals surface area contributed by atoms with Gasteiger partial charge in [-0.05, 0) is 63.2 Å². The first kappa shape index (κ1) is 16.8. The summed E-state index contributed by atoms with van der Waals surface area (Å²) in [4.78, 5) is 15.0. The zero-order chi connectivity index (χ0) is 18.1. The number of hydrogen-bond acceptors (Lipinski definition) is 4. The van der Waals surface area contributed by atoms with E-state index in [9.17, 15) is 9.18 Å². The third kappa shape index (κ3) is 3.12. The summed E-state index contributed by atoms with van der Waals surface area (Å²) in [5.74, 6) is 0.427. The van der Waals surface area contributed by atoms with Crippen LogP contribution < -0.4 is 5.32 Å².